The topological polar surface area (TPSA) is 76.2 Å². The number of carbonyl (C=O) groups is 1. The van der Waals surface area contributed by atoms with Crippen molar-refractivity contribution in [1.82, 2.24) is 15.5 Å². The summed E-state index contributed by atoms with van der Waals surface area (Å²) >= 11 is 3.18. The number of ether oxygens (including phenoxy) is 2. The molecule has 1 heterocycles. The van der Waals surface area contributed by atoms with E-state index in [4.69, 9.17) is 9.47 Å². The molecule has 26 heavy (non-hydrogen) atoms. The van der Waals surface area contributed by atoms with E-state index >= 15 is 0 Å². The minimum Gasteiger partial charge on any atom is -0.497 e. The SMILES string of the molecule is COc1ccc(CNC(=O)c2cc3c(C)[nH]nc3c(Br)c2F)c(OC)c1. The van der Waals surface area contributed by atoms with E-state index in [0.29, 0.717) is 22.4 Å². The van der Waals surface area contributed by atoms with Crippen LogP contribution in [0.25, 0.3) is 10.9 Å². The average Bonchev–Trinajstić information content (AvgIpc) is 3.03. The zero-order chi connectivity index (χ0) is 18.8. The Morgan fingerprint density at radius 1 is 1.31 bits per heavy atom. The molecule has 0 saturated heterocycles. The first-order valence-electron chi connectivity index (χ1n) is 7.78. The van der Waals surface area contributed by atoms with Crippen molar-refractivity contribution in [1.29, 1.82) is 0 Å². The first-order valence-corrected chi connectivity index (χ1v) is 8.57. The van der Waals surface area contributed by atoms with Crippen molar-refractivity contribution in [3.8, 4) is 11.5 Å². The van der Waals surface area contributed by atoms with Crippen LogP contribution in [0.1, 0.15) is 21.6 Å². The maximum Gasteiger partial charge on any atom is 0.254 e. The van der Waals surface area contributed by atoms with Gasteiger partial charge in [0, 0.05) is 29.3 Å². The smallest absolute Gasteiger partial charge is 0.254 e. The van der Waals surface area contributed by atoms with E-state index in [9.17, 15) is 9.18 Å². The van der Waals surface area contributed by atoms with E-state index in [1.807, 2.05) is 6.92 Å². The average molecular weight is 422 g/mol. The molecule has 0 bridgehead atoms. The number of H-pyrrole nitrogens is 1. The molecule has 0 aliphatic carbocycles. The number of nitrogens with one attached hydrogen (secondary N) is 2. The van der Waals surface area contributed by atoms with Gasteiger partial charge in [-0.2, -0.15) is 5.10 Å². The Balaban J connectivity index is 1.86. The van der Waals surface area contributed by atoms with Crippen LogP contribution in [0.15, 0.2) is 28.7 Å². The van der Waals surface area contributed by atoms with Crippen molar-refractivity contribution < 1.29 is 18.7 Å². The van der Waals surface area contributed by atoms with E-state index in [1.165, 1.54) is 13.2 Å². The number of rotatable bonds is 5. The summed E-state index contributed by atoms with van der Waals surface area (Å²) in [6, 6.07) is 6.77. The molecule has 0 aliphatic rings. The Hall–Kier alpha value is -2.61. The van der Waals surface area contributed by atoms with Crippen LogP contribution in [0.4, 0.5) is 4.39 Å². The van der Waals surface area contributed by atoms with Crippen molar-refractivity contribution in [2.45, 2.75) is 13.5 Å². The third kappa shape index (κ3) is 3.24. The van der Waals surface area contributed by atoms with Gasteiger partial charge in [0.1, 0.15) is 17.0 Å². The number of hydrogen-bond acceptors (Lipinski definition) is 4. The molecule has 0 fully saturated rings. The van der Waals surface area contributed by atoms with Crippen LogP contribution in [-0.4, -0.2) is 30.3 Å². The van der Waals surface area contributed by atoms with Gasteiger partial charge in [0.2, 0.25) is 0 Å². The van der Waals surface area contributed by atoms with Crippen LogP contribution in [0.3, 0.4) is 0 Å². The van der Waals surface area contributed by atoms with E-state index < -0.39 is 11.7 Å². The lowest BCUT2D eigenvalue weighted by atomic mass is 10.1. The highest BCUT2D eigenvalue weighted by molar-refractivity contribution is 9.10. The molecule has 3 rings (SSSR count). The number of aromatic nitrogens is 2. The molecule has 3 aromatic rings. The van der Waals surface area contributed by atoms with Crippen molar-refractivity contribution >= 4 is 32.7 Å². The Kier molecular flexibility index (Phi) is 5.13. The zero-order valence-electron chi connectivity index (χ0n) is 14.4. The van der Waals surface area contributed by atoms with Crippen LogP contribution in [0.2, 0.25) is 0 Å². The molecule has 8 heteroatoms. The molecular formula is C18H17BrFN3O3. The Morgan fingerprint density at radius 3 is 2.77 bits per heavy atom. The highest BCUT2D eigenvalue weighted by Gasteiger charge is 2.20. The maximum atomic E-state index is 14.6. The molecule has 0 spiro atoms. The number of hydrogen-bond donors (Lipinski definition) is 2. The molecule has 136 valence electrons. The lowest BCUT2D eigenvalue weighted by Gasteiger charge is -2.12. The summed E-state index contributed by atoms with van der Waals surface area (Å²) in [5, 5.41) is 10.2. The number of aromatic amines is 1. The van der Waals surface area contributed by atoms with Crippen LogP contribution < -0.4 is 14.8 Å². The second kappa shape index (κ2) is 7.33. The first kappa shape index (κ1) is 18.2. The summed E-state index contributed by atoms with van der Waals surface area (Å²) in [6.07, 6.45) is 0. The van der Waals surface area contributed by atoms with Crippen LogP contribution in [-0.2, 0) is 6.54 Å². The molecule has 1 aromatic heterocycles. The Bertz CT molecular complexity index is 987. The molecule has 0 unspecified atom stereocenters. The van der Waals surface area contributed by atoms with Crippen LogP contribution in [0.5, 0.6) is 11.5 Å². The molecule has 6 nitrogen and oxygen atoms in total. The van der Waals surface area contributed by atoms with Crippen molar-refractivity contribution in [3.63, 3.8) is 0 Å². The zero-order valence-corrected chi connectivity index (χ0v) is 16.0. The number of methoxy groups -OCH3 is 2. The number of aryl methyl sites for hydroxylation is 1. The highest BCUT2D eigenvalue weighted by atomic mass is 79.9. The first-order chi connectivity index (χ1) is 12.5. The number of benzene rings is 2. The molecule has 0 atom stereocenters. The van der Waals surface area contributed by atoms with Crippen molar-refractivity contribution in [2.24, 2.45) is 0 Å². The number of carbonyl (C=O) groups excluding carboxylic acids is 1. The number of halogens is 2. The fraction of sp³-hybridized carbons (Fsp3) is 0.222. The normalized spacial score (nSPS) is 10.8. The summed E-state index contributed by atoms with van der Waals surface area (Å²) in [5.74, 6) is 0.0481. The van der Waals surface area contributed by atoms with Crippen LogP contribution in [0, 0.1) is 12.7 Å². The van der Waals surface area contributed by atoms with Gasteiger partial charge in [0.15, 0.2) is 5.82 Å². The minimum absolute atomic E-state index is 0.0543. The lowest BCUT2D eigenvalue weighted by molar-refractivity contribution is 0.0946. The van der Waals surface area contributed by atoms with Crippen molar-refractivity contribution in [2.75, 3.05) is 14.2 Å². The third-order valence-electron chi connectivity index (χ3n) is 4.10. The van der Waals surface area contributed by atoms with Gasteiger partial charge < -0.3 is 14.8 Å². The molecule has 2 aromatic carbocycles. The summed E-state index contributed by atoms with van der Waals surface area (Å²) < 4.78 is 25.2. The molecular weight excluding hydrogens is 405 g/mol. The van der Waals surface area contributed by atoms with Gasteiger partial charge in [-0.15, -0.1) is 0 Å². The monoisotopic (exact) mass is 421 g/mol. The fourth-order valence-corrected chi connectivity index (χ4v) is 3.16. The van der Waals surface area contributed by atoms with Crippen molar-refractivity contribution in [3.05, 3.63) is 51.4 Å². The summed E-state index contributed by atoms with van der Waals surface area (Å²) in [5.41, 5.74) is 1.91. The Morgan fingerprint density at radius 2 is 2.08 bits per heavy atom. The lowest BCUT2D eigenvalue weighted by Crippen LogP contribution is -2.24. The minimum atomic E-state index is -0.650. The van der Waals surface area contributed by atoms with Gasteiger partial charge in [-0.3, -0.25) is 9.89 Å². The molecule has 1 amide bonds. The van der Waals surface area contributed by atoms with Gasteiger partial charge >= 0.3 is 0 Å². The van der Waals surface area contributed by atoms with E-state index in [-0.39, 0.29) is 16.6 Å². The molecule has 2 N–H and O–H groups in total. The fourth-order valence-electron chi connectivity index (χ4n) is 2.65. The number of nitrogens with zero attached hydrogens (tertiary/aromatic N) is 1. The summed E-state index contributed by atoms with van der Waals surface area (Å²) in [4.78, 5) is 12.5. The third-order valence-corrected chi connectivity index (χ3v) is 4.82. The van der Waals surface area contributed by atoms with Gasteiger partial charge in [-0.1, -0.05) is 0 Å². The summed E-state index contributed by atoms with van der Waals surface area (Å²) in [7, 11) is 3.09. The van der Waals surface area contributed by atoms with E-state index in [2.05, 4.69) is 31.4 Å². The molecule has 0 radical (unpaired) electrons. The van der Waals surface area contributed by atoms with Gasteiger partial charge in [-0.05, 0) is 41.1 Å². The predicted octanol–water partition coefficient (Wildman–Crippen LogP) is 3.72. The number of fused-ring (bicyclic) bond motifs is 1. The van der Waals surface area contributed by atoms with Gasteiger partial charge in [0.25, 0.3) is 5.91 Å². The molecule has 0 saturated carbocycles. The maximum absolute atomic E-state index is 14.6. The van der Waals surface area contributed by atoms with E-state index in [1.54, 1.807) is 25.3 Å². The van der Waals surface area contributed by atoms with Gasteiger partial charge in [-0.25, -0.2) is 4.39 Å². The largest absolute Gasteiger partial charge is 0.497 e. The van der Waals surface area contributed by atoms with Gasteiger partial charge in [0.05, 0.1) is 24.3 Å². The highest BCUT2D eigenvalue weighted by Crippen LogP contribution is 2.30. The quantitative estimate of drug-likeness (QED) is 0.657. The Labute approximate surface area is 157 Å². The van der Waals surface area contributed by atoms with E-state index in [0.717, 1.165) is 11.3 Å². The predicted molar refractivity (Wildman–Crippen MR) is 99.2 cm³/mol. The standard InChI is InChI=1S/C18H17BrFN3O3/c1-9-12-7-13(16(20)15(19)17(12)23-22-9)18(24)21-8-10-4-5-11(25-2)6-14(10)26-3/h4-7H,8H2,1-3H3,(H,21,24)(H,22,23). The second-order valence-corrected chi connectivity index (χ2v) is 6.45. The number of amides is 1. The van der Waals surface area contributed by atoms with Crippen LogP contribution >= 0.6 is 15.9 Å². The second-order valence-electron chi connectivity index (χ2n) is 5.66. The summed E-state index contributed by atoms with van der Waals surface area (Å²) in [6.45, 7) is 2.00. The molecule has 0 aliphatic heterocycles.